The normalized spacial score (nSPS) is 10.4. The second-order valence-electron chi connectivity index (χ2n) is 2.80. The Morgan fingerprint density at radius 1 is 1.64 bits per heavy atom. The van der Waals surface area contributed by atoms with E-state index in [0.29, 0.717) is 13.0 Å². The zero-order valence-corrected chi connectivity index (χ0v) is 8.42. The van der Waals surface area contributed by atoms with Crippen molar-refractivity contribution in [2.45, 2.75) is 13.0 Å². The predicted octanol–water partition coefficient (Wildman–Crippen LogP) is 1.13. The van der Waals surface area contributed by atoms with Crippen LogP contribution >= 0.6 is 11.3 Å². The lowest BCUT2D eigenvalue weighted by Gasteiger charge is -1.99. The Morgan fingerprint density at radius 2 is 2.43 bits per heavy atom. The van der Waals surface area contributed by atoms with Crippen molar-refractivity contribution in [3.8, 4) is 0 Å². The summed E-state index contributed by atoms with van der Waals surface area (Å²) in [6.07, 6.45) is 0.701. The van der Waals surface area contributed by atoms with Gasteiger partial charge in [-0.1, -0.05) is 11.3 Å². The van der Waals surface area contributed by atoms with Crippen LogP contribution in [0.5, 0.6) is 0 Å². The number of nitrogens with zero attached hydrogens (tertiary/aromatic N) is 1. The van der Waals surface area contributed by atoms with Gasteiger partial charge in [0, 0.05) is 24.6 Å². The molecule has 0 radical (unpaired) electrons. The maximum atomic E-state index is 10.4. The topological polar surface area (TPSA) is 75.4 Å². The number of aliphatic hydroxyl groups excluding tert-OH is 1. The molecule has 0 aromatic carbocycles. The number of rotatable bonds is 6. The molecule has 0 aliphatic heterocycles. The molecular formula is C8H12N2O3S. The Hall–Kier alpha value is -0.980. The summed E-state index contributed by atoms with van der Waals surface area (Å²) < 4.78 is 0. The van der Waals surface area contributed by atoms with Crippen LogP contribution in [0, 0.1) is 10.1 Å². The van der Waals surface area contributed by atoms with Crippen molar-refractivity contribution < 1.29 is 10.0 Å². The first kappa shape index (κ1) is 11.1. The van der Waals surface area contributed by atoms with Crippen LogP contribution in [-0.4, -0.2) is 23.2 Å². The molecule has 1 heterocycles. The summed E-state index contributed by atoms with van der Waals surface area (Å²) in [6, 6.07) is 1.57. The third kappa shape index (κ3) is 3.41. The van der Waals surface area contributed by atoms with Gasteiger partial charge in [-0.15, -0.1) is 0 Å². The first-order valence-electron chi connectivity index (χ1n) is 4.27. The van der Waals surface area contributed by atoms with Crippen molar-refractivity contribution in [2.24, 2.45) is 0 Å². The molecule has 5 nitrogen and oxygen atoms in total. The van der Waals surface area contributed by atoms with E-state index in [1.165, 1.54) is 0 Å². The molecule has 14 heavy (non-hydrogen) atoms. The molecule has 0 atom stereocenters. The number of nitrogens with one attached hydrogen (secondary N) is 1. The van der Waals surface area contributed by atoms with E-state index in [-0.39, 0.29) is 16.5 Å². The van der Waals surface area contributed by atoms with Gasteiger partial charge in [-0.2, -0.15) is 0 Å². The monoisotopic (exact) mass is 216 g/mol. The van der Waals surface area contributed by atoms with Gasteiger partial charge in [-0.25, -0.2) is 0 Å². The third-order valence-electron chi connectivity index (χ3n) is 1.66. The Bertz CT molecular complexity index is 301. The van der Waals surface area contributed by atoms with Crippen molar-refractivity contribution in [2.75, 3.05) is 13.2 Å². The number of nitro groups is 1. The Balaban J connectivity index is 2.33. The second kappa shape index (κ2) is 5.69. The molecule has 0 unspecified atom stereocenters. The fraction of sp³-hybridized carbons (Fsp3) is 0.500. The van der Waals surface area contributed by atoms with Gasteiger partial charge < -0.3 is 10.4 Å². The first-order chi connectivity index (χ1) is 6.74. The summed E-state index contributed by atoms with van der Waals surface area (Å²) in [6.45, 7) is 1.50. The quantitative estimate of drug-likeness (QED) is 0.424. The zero-order chi connectivity index (χ0) is 10.4. The van der Waals surface area contributed by atoms with Gasteiger partial charge in [0.1, 0.15) is 0 Å². The minimum absolute atomic E-state index is 0.163. The standard InChI is InChI=1S/C8H12N2O3S/c11-3-1-2-9-5-7-4-8(10(12)13)14-6-7/h4,6,9,11H,1-3,5H2. The summed E-state index contributed by atoms with van der Waals surface area (Å²) in [7, 11) is 0. The van der Waals surface area contributed by atoms with Crippen molar-refractivity contribution in [3.63, 3.8) is 0 Å². The van der Waals surface area contributed by atoms with E-state index < -0.39 is 0 Å². The molecule has 0 spiro atoms. The highest BCUT2D eigenvalue weighted by Gasteiger charge is 2.08. The Kier molecular flexibility index (Phi) is 4.51. The van der Waals surface area contributed by atoms with E-state index in [1.54, 1.807) is 11.4 Å². The van der Waals surface area contributed by atoms with Gasteiger partial charge in [0.05, 0.1) is 4.92 Å². The highest BCUT2D eigenvalue weighted by Crippen LogP contribution is 2.22. The number of hydrogen-bond donors (Lipinski definition) is 2. The van der Waals surface area contributed by atoms with Crippen LogP contribution in [0.2, 0.25) is 0 Å². The number of thiophene rings is 1. The number of aliphatic hydroxyl groups is 1. The fourth-order valence-corrected chi connectivity index (χ4v) is 1.72. The molecule has 0 bridgehead atoms. The molecule has 1 aromatic heterocycles. The summed E-state index contributed by atoms with van der Waals surface area (Å²) in [4.78, 5) is 9.97. The largest absolute Gasteiger partial charge is 0.396 e. The molecule has 0 saturated heterocycles. The summed E-state index contributed by atoms with van der Waals surface area (Å²) in [5, 5.41) is 23.9. The van der Waals surface area contributed by atoms with E-state index in [0.717, 1.165) is 23.4 Å². The maximum Gasteiger partial charge on any atom is 0.324 e. The van der Waals surface area contributed by atoms with E-state index in [1.807, 2.05) is 0 Å². The average molecular weight is 216 g/mol. The molecular weight excluding hydrogens is 204 g/mol. The fourth-order valence-electron chi connectivity index (χ4n) is 0.988. The van der Waals surface area contributed by atoms with Crippen molar-refractivity contribution >= 4 is 16.3 Å². The van der Waals surface area contributed by atoms with Crippen LogP contribution < -0.4 is 5.32 Å². The minimum atomic E-state index is -0.387. The summed E-state index contributed by atoms with van der Waals surface area (Å²) in [5.74, 6) is 0. The maximum absolute atomic E-state index is 10.4. The molecule has 0 fully saturated rings. The molecule has 78 valence electrons. The average Bonchev–Trinajstić information content (AvgIpc) is 2.61. The van der Waals surface area contributed by atoms with Gasteiger partial charge >= 0.3 is 5.00 Å². The van der Waals surface area contributed by atoms with Gasteiger partial charge in [0.15, 0.2) is 0 Å². The molecule has 6 heteroatoms. The molecule has 0 aliphatic rings. The van der Waals surface area contributed by atoms with E-state index in [4.69, 9.17) is 5.11 Å². The van der Waals surface area contributed by atoms with Crippen LogP contribution in [0.4, 0.5) is 5.00 Å². The highest BCUT2D eigenvalue weighted by atomic mass is 32.1. The molecule has 0 aliphatic carbocycles. The summed E-state index contributed by atoms with van der Waals surface area (Å²) in [5.41, 5.74) is 0.916. The Labute approximate surface area is 85.5 Å². The van der Waals surface area contributed by atoms with Crippen LogP contribution in [0.1, 0.15) is 12.0 Å². The zero-order valence-electron chi connectivity index (χ0n) is 7.60. The smallest absolute Gasteiger partial charge is 0.324 e. The van der Waals surface area contributed by atoms with Crippen LogP contribution in [0.15, 0.2) is 11.4 Å². The second-order valence-corrected chi connectivity index (χ2v) is 3.69. The van der Waals surface area contributed by atoms with Gasteiger partial charge in [-0.05, 0) is 18.5 Å². The van der Waals surface area contributed by atoms with E-state index >= 15 is 0 Å². The Morgan fingerprint density at radius 3 is 3.00 bits per heavy atom. The lowest BCUT2D eigenvalue weighted by atomic mass is 10.3. The third-order valence-corrected chi connectivity index (χ3v) is 2.59. The molecule has 1 rings (SSSR count). The first-order valence-corrected chi connectivity index (χ1v) is 5.15. The van der Waals surface area contributed by atoms with Gasteiger partial charge in [0.25, 0.3) is 0 Å². The number of hydrogen-bond acceptors (Lipinski definition) is 5. The molecule has 1 aromatic rings. The van der Waals surface area contributed by atoms with E-state index in [2.05, 4.69) is 5.32 Å². The minimum Gasteiger partial charge on any atom is -0.396 e. The van der Waals surface area contributed by atoms with Crippen molar-refractivity contribution in [3.05, 3.63) is 27.1 Å². The lowest BCUT2D eigenvalue weighted by molar-refractivity contribution is -0.380. The van der Waals surface area contributed by atoms with Crippen LogP contribution in [0.25, 0.3) is 0 Å². The molecule has 2 N–H and O–H groups in total. The highest BCUT2D eigenvalue weighted by molar-refractivity contribution is 7.13. The summed E-state index contributed by atoms with van der Waals surface area (Å²) >= 11 is 1.13. The predicted molar refractivity (Wildman–Crippen MR) is 54.4 cm³/mol. The van der Waals surface area contributed by atoms with E-state index in [9.17, 15) is 10.1 Å². The van der Waals surface area contributed by atoms with Crippen molar-refractivity contribution in [1.29, 1.82) is 0 Å². The lowest BCUT2D eigenvalue weighted by Crippen LogP contribution is -2.15. The van der Waals surface area contributed by atoms with Crippen molar-refractivity contribution in [1.82, 2.24) is 5.32 Å². The van der Waals surface area contributed by atoms with Gasteiger partial charge in [-0.3, -0.25) is 10.1 Å². The van der Waals surface area contributed by atoms with Crippen LogP contribution in [-0.2, 0) is 6.54 Å². The van der Waals surface area contributed by atoms with Crippen LogP contribution in [0.3, 0.4) is 0 Å². The SMILES string of the molecule is O=[N+]([O-])c1cc(CNCCCO)cs1. The molecule has 0 saturated carbocycles. The molecule has 0 amide bonds. The van der Waals surface area contributed by atoms with Gasteiger partial charge in [0.2, 0.25) is 0 Å².